The Labute approximate surface area is 172 Å². The Morgan fingerprint density at radius 3 is 2.83 bits per heavy atom. The molecule has 4 aromatic heterocycles. The minimum absolute atomic E-state index is 0.0512. The SMILES string of the molecule is O=C(c1cc(-c2cnn3cc(-c4cn[nH]c4)cnc23)cs1)N1CCC[C@@H]1C(F)(F)F. The number of fused-ring (bicyclic) bond motifs is 1. The molecular weight excluding hydrogens is 417 g/mol. The second-order valence-electron chi connectivity index (χ2n) is 7.05. The number of alkyl halides is 3. The van der Waals surface area contributed by atoms with Gasteiger partial charge in [-0.1, -0.05) is 0 Å². The van der Waals surface area contributed by atoms with Crippen LogP contribution in [-0.2, 0) is 0 Å². The third-order valence-corrected chi connectivity index (χ3v) is 6.12. The quantitative estimate of drug-likeness (QED) is 0.531. The summed E-state index contributed by atoms with van der Waals surface area (Å²) in [6, 6.07) is -0.0999. The first kappa shape index (κ1) is 18.8. The summed E-state index contributed by atoms with van der Waals surface area (Å²) in [6.07, 6.45) is 4.45. The number of thiophene rings is 1. The van der Waals surface area contributed by atoms with Crippen molar-refractivity contribution in [2.45, 2.75) is 25.1 Å². The molecule has 1 amide bonds. The van der Waals surface area contributed by atoms with Crippen molar-refractivity contribution >= 4 is 22.9 Å². The molecule has 1 N–H and O–H groups in total. The zero-order valence-electron chi connectivity index (χ0n) is 15.4. The van der Waals surface area contributed by atoms with Crippen LogP contribution in [0.25, 0.3) is 27.9 Å². The number of rotatable bonds is 3. The van der Waals surface area contributed by atoms with Gasteiger partial charge in [-0.05, 0) is 29.9 Å². The zero-order valence-corrected chi connectivity index (χ0v) is 16.2. The molecule has 1 fully saturated rings. The second-order valence-corrected chi connectivity index (χ2v) is 7.97. The van der Waals surface area contributed by atoms with Gasteiger partial charge in [-0.3, -0.25) is 9.89 Å². The van der Waals surface area contributed by atoms with E-state index in [1.54, 1.807) is 40.7 Å². The van der Waals surface area contributed by atoms with Gasteiger partial charge in [0.1, 0.15) is 6.04 Å². The Morgan fingerprint density at radius 2 is 2.07 bits per heavy atom. The lowest BCUT2D eigenvalue weighted by Gasteiger charge is -2.26. The van der Waals surface area contributed by atoms with Crippen molar-refractivity contribution in [2.75, 3.05) is 6.54 Å². The van der Waals surface area contributed by atoms with Crippen LogP contribution in [0.4, 0.5) is 13.2 Å². The molecule has 0 unspecified atom stereocenters. The number of hydrogen-bond acceptors (Lipinski definition) is 5. The van der Waals surface area contributed by atoms with Crippen LogP contribution in [0.15, 0.2) is 42.4 Å². The molecule has 0 radical (unpaired) electrons. The minimum atomic E-state index is -4.41. The average Bonchev–Trinajstić information content (AvgIpc) is 3.52. The molecule has 0 aliphatic carbocycles. The molecule has 1 atom stereocenters. The Kier molecular flexibility index (Phi) is 4.35. The molecule has 4 aromatic rings. The fraction of sp³-hybridized carbons (Fsp3) is 0.263. The summed E-state index contributed by atoms with van der Waals surface area (Å²) in [5.74, 6) is -0.585. The normalized spacial score (nSPS) is 17.2. The molecule has 0 aromatic carbocycles. The van der Waals surface area contributed by atoms with Crippen LogP contribution in [0.5, 0.6) is 0 Å². The molecule has 1 aliphatic rings. The number of amides is 1. The summed E-state index contributed by atoms with van der Waals surface area (Å²) in [4.78, 5) is 18.4. The van der Waals surface area contributed by atoms with Gasteiger partial charge in [-0.25, -0.2) is 9.50 Å². The summed E-state index contributed by atoms with van der Waals surface area (Å²) < 4.78 is 41.2. The molecule has 5 rings (SSSR count). The maximum absolute atomic E-state index is 13.2. The lowest BCUT2D eigenvalue weighted by molar-refractivity contribution is -0.169. The van der Waals surface area contributed by atoms with Gasteiger partial charge in [-0.2, -0.15) is 23.4 Å². The van der Waals surface area contributed by atoms with Gasteiger partial charge in [0.05, 0.1) is 17.3 Å². The van der Waals surface area contributed by atoms with Crippen LogP contribution < -0.4 is 0 Å². The molecule has 0 saturated carbocycles. The van der Waals surface area contributed by atoms with E-state index in [2.05, 4.69) is 20.3 Å². The standard InChI is InChI=1S/C19H15F3N6OS/c20-19(21,22)16-2-1-3-27(16)18(29)15-4-11(10-30-15)14-8-26-28-9-13(5-23-17(14)28)12-6-24-25-7-12/h4-10,16H,1-3H2,(H,24,25)/t16-/m1/s1. The monoisotopic (exact) mass is 432 g/mol. The molecule has 7 nitrogen and oxygen atoms in total. The van der Waals surface area contributed by atoms with Gasteiger partial charge in [0, 0.05) is 41.8 Å². The fourth-order valence-corrected chi connectivity index (χ4v) is 4.58. The topological polar surface area (TPSA) is 79.2 Å². The van der Waals surface area contributed by atoms with Gasteiger partial charge in [-0.15, -0.1) is 11.3 Å². The van der Waals surface area contributed by atoms with Crippen LogP contribution in [0, 0.1) is 0 Å². The first-order valence-electron chi connectivity index (χ1n) is 9.21. The smallest absolute Gasteiger partial charge is 0.326 e. The van der Waals surface area contributed by atoms with E-state index >= 15 is 0 Å². The molecule has 30 heavy (non-hydrogen) atoms. The van der Waals surface area contributed by atoms with Crippen molar-refractivity contribution in [1.29, 1.82) is 0 Å². The molecule has 1 saturated heterocycles. The fourth-order valence-electron chi connectivity index (χ4n) is 3.72. The molecular formula is C19H15F3N6OS. The Hall–Kier alpha value is -3.21. The molecule has 154 valence electrons. The zero-order chi connectivity index (χ0) is 20.9. The second kappa shape index (κ2) is 6.94. The Morgan fingerprint density at radius 1 is 1.20 bits per heavy atom. The highest BCUT2D eigenvalue weighted by atomic mass is 32.1. The first-order valence-corrected chi connectivity index (χ1v) is 10.1. The predicted molar refractivity (Wildman–Crippen MR) is 104 cm³/mol. The molecule has 0 spiro atoms. The third kappa shape index (κ3) is 3.15. The largest absolute Gasteiger partial charge is 0.408 e. The highest BCUT2D eigenvalue weighted by Crippen LogP contribution is 2.35. The summed E-state index contributed by atoms with van der Waals surface area (Å²) >= 11 is 1.13. The van der Waals surface area contributed by atoms with Gasteiger partial charge in [0.25, 0.3) is 5.91 Å². The van der Waals surface area contributed by atoms with Gasteiger partial charge in [0.2, 0.25) is 0 Å². The first-order chi connectivity index (χ1) is 14.4. The molecule has 11 heteroatoms. The van der Waals surface area contributed by atoms with Crippen LogP contribution >= 0.6 is 11.3 Å². The number of carbonyl (C=O) groups is 1. The van der Waals surface area contributed by atoms with Gasteiger partial charge < -0.3 is 4.90 Å². The van der Waals surface area contributed by atoms with E-state index in [0.29, 0.717) is 23.2 Å². The van der Waals surface area contributed by atoms with E-state index in [1.165, 1.54) is 0 Å². The van der Waals surface area contributed by atoms with Crippen LogP contribution in [-0.4, -0.2) is 54.4 Å². The van der Waals surface area contributed by atoms with E-state index in [0.717, 1.165) is 27.4 Å². The molecule has 0 bridgehead atoms. The highest BCUT2D eigenvalue weighted by Gasteiger charge is 2.48. The van der Waals surface area contributed by atoms with E-state index in [-0.39, 0.29) is 17.8 Å². The number of aromatic nitrogens is 5. The van der Waals surface area contributed by atoms with Crippen molar-refractivity contribution in [3.63, 3.8) is 0 Å². The van der Waals surface area contributed by atoms with Crippen LogP contribution in [0.3, 0.4) is 0 Å². The van der Waals surface area contributed by atoms with E-state index < -0.39 is 18.1 Å². The lowest BCUT2D eigenvalue weighted by atomic mass is 10.1. The Bertz CT molecular complexity index is 1210. The number of aromatic amines is 1. The van der Waals surface area contributed by atoms with E-state index in [9.17, 15) is 18.0 Å². The highest BCUT2D eigenvalue weighted by molar-refractivity contribution is 7.12. The van der Waals surface area contributed by atoms with Crippen LogP contribution in [0.1, 0.15) is 22.5 Å². The Balaban J connectivity index is 1.44. The van der Waals surface area contributed by atoms with Crippen molar-refractivity contribution in [2.24, 2.45) is 0 Å². The van der Waals surface area contributed by atoms with E-state index in [4.69, 9.17) is 0 Å². The minimum Gasteiger partial charge on any atom is -0.326 e. The van der Waals surface area contributed by atoms with Crippen molar-refractivity contribution in [1.82, 2.24) is 29.7 Å². The summed E-state index contributed by atoms with van der Waals surface area (Å²) in [5.41, 5.74) is 3.70. The lowest BCUT2D eigenvalue weighted by Crippen LogP contribution is -2.44. The van der Waals surface area contributed by atoms with Gasteiger partial charge in [0.15, 0.2) is 5.65 Å². The number of likely N-dealkylation sites (tertiary alicyclic amines) is 1. The third-order valence-electron chi connectivity index (χ3n) is 5.20. The summed E-state index contributed by atoms with van der Waals surface area (Å²) in [7, 11) is 0. The number of hydrogen-bond donors (Lipinski definition) is 1. The van der Waals surface area contributed by atoms with Crippen LogP contribution in [0.2, 0.25) is 0 Å². The maximum Gasteiger partial charge on any atom is 0.408 e. The summed E-state index contributed by atoms with van der Waals surface area (Å²) in [5, 5.41) is 12.7. The van der Waals surface area contributed by atoms with Gasteiger partial charge >= 0.3 is 6.18 Å². The van der Waals surface area contributed by atoms with Crippen molar-refractivity contribution in [3.05, 3.63) is 47.3 Å². The number of nitrogens with one attached hydrogen (secondary N) is 1. The number of carbonyl (C=O) groups excluding carboxylic acids is 1. The van der Waals surface area contributed by atoms with E-state index in [1.807, 2.05) is 6.20 Å². The number of nitrogens with zero attached hydrogens (tertiary/aromatic N) is 5. The maximum atomic E-state index is 13.2. The summed E-state index contributed by atoms with van der Waals surface area (Å²) in [6.45, 7) is 0.116. The molecule has 5 heterocycles. The van der Waals surface area contributed by atoms with Crippen molar-refractivity contribution in [3.8, 4) is 22.3 Å². The number of H-pyrrole nitrogens is 1. The molecule has 1 aliphatic heterocycles. The predicted octanol–water partition coefficient (Wildman–Crippen LogP) is 4.01. The number of halogens is 3. The van der Waals surface area contributed by atoms with Crippen molar-refractivity contribution < 1.29 is 18.0 Å². The average molecular weight is 432 g/mol.